The number of anilines is 1. The van der Waals surface area contributed by atoms with E-state index in [-0.39, 0.29) is 29.6 Å². The quantitative estimate of drug-likeness (QED) is 0.312. The lowest BCUT2D eigenvalue weighted by atomic mass is 9.91. The highest BCUT2D eigenvalue weighted by Gasteiger charge is 2.30. The van der Waals surface area contributed by atoms with Gasteiger partial charge in [-0.25, -0.2) is 19.4 Å². The lowest BCUT2D eigenvalue weighted by Crippen LogP contribution is -2.22. The molecule has 0 aliphatic carbocycles. The molecular formula is C27H24ClFN6O2S. The molecule has 4 heterocycles. The zero-order valence-electron chi connectivity index (χ0n) is 20.6. The number of nitriles is 1. The second-order valence-corrected chi connectivity index (χ2v) is 11.1. The van der Waals surface area contributed by atoms with Gasteiger partial charge in [-0.2, -0.15) is 5.26 Å². The van der Waals surface area contributed by atoms with E-state index in [2.05, 4.69) is 28.3 Å². The molecule has 2 aliphatic rings. The van der Waals surface area contributed by atoms with Crippen LogP contribution >= 0.6 is 22.9 Å². The molecule has 1 unspecified atom stereocenters. The molecule has 0 bridgehead atoms. The number of benzene rings is 2. The van der Waals surface area contributed by atoms with E-state index >= 15 is 0 Å². The van der Waals surface area contributed by atoms with Crippen LogP contribution in [0.2, 0.25) is 5.02 Å². The number of ether oxygens (including phenoxy) is 1. The molecule has 1 atom stereocenters. The maximum atomic E-state index is 14.8. The number of aliphatic hydroxyl groups excluding tert-OH is 1. The van der Waals surface area contributed by atoms with Gasteiger partial charge in [-0.1, -0.05) is 24.6 Å². The molecule has 0 amide bonds. The van der Waals surface area contributed by atoms with Gasteiger partial charge in [-0.15, -0.1) is 11.3 Å². The third-order valence-electron chi connectivity index (χ3n) is 7.18. The summed E-state index contributed by atoms with van der Waals surface area (Å²) in [5.41, 5.74) is 10.6. The van der Waals surface area contributed by atoms with Crippen molar-refractivity contribution in [1.29, 1.82) is 5.26 Å². The summed E-state index contributed by atoms with van der Waals surface area (Å²) in [6.07, 6.45) is 1.85. The Morgan fingerprint density at radius 2 is 2.13 bits per heavy atom. The summed E-state index contributed by atoms with van der Waals surface area (Å²) < 4.78 is 21.0. The summed E-state index contributed by atoms with van der Waals surface area (Å²) in [7, 11) is 0. The topological polar surface area (TPSA) is 129 Å². The Balaban J connectivity index is 1.67. The number of thiophene rings is 1. The van der Waals surface area contributed by atoms with Crippen LogP contribution in [-0.4, -0.2) is 33.9 Å². The Kier molecular flexibility index (Phi) is 6.50. The molecule has 2 aliphatic heterocycles. The Bertz CT molecular complexity index is 1700. The normalized spacial score (nSPS) is 18.7. The largest absolute Gasteiger partial charge is 0.389 e. The Labute approximate surface area is 226 Å². The molecular weight excluding hydrogens is 527 g/mol. The molecule has 4 N–H and O–H groups in total. The van der Waals surface area contributed by atoms with Crippen LogP contribution in [0.3, 0.4) is 0 Å². The Morgan fingerprint density at radius 3 is 2.92 bits per heavy atom. The Morgan fingerprint density at radius 1 is 1.32 bits per heavy atom. The van der Waals surface area contributed by atoms with E-state index in [4.69, 9.17) is 27.1 Å². The van der Waals surface area contributed by atoms with Crippen LogP contribution in [0.1, 0.15) is 42.3 Å². The maximum Gasteiger partial charge on any atom is 0.163 e. The second-order valence-electron chi connectivity index (χ2n) is 9.69. The minimum atomic E-state index is -0.457. The van der Waals surface area contributed by atoms with Crippen molar-refractivity contribution in [2.75, 3.05) is 18.8 Å². The summed E-state index contributed by atoms with van der Waals surface area (Å²) in [5, 5.41) is 24.9. The SMILES string of the molecule is CC1CCC(=Nc2nc(CO)nc3c(Cl)c(-c4ccc(F)c5sc(N)c(C#N)c45)c4c(c23)COC4)CNC1. The van der Waals surface area contributed by atoms with Crippen molar-refractivity contribution >= 4 is 60.5 Å². The summed E-state index contributed by atoms with van der Waals surface area (Å²) >= 11 is 8.13. The van der Waals surface area contributed by atoms with Crippen molar-refractivity contribution in [1.82, 2.24) is 15.3 Å². The fourth-order valence-corrected chi connectivity index (χ4v) is 6.61. The van der Waals surface area contributed by atoms with Crippen molar-refractivity contribution in [3.05, 3.63) is 45.5 Å². The smallest absolute Gasteiger partial charge is 0.163 e. The minimum Gasteiger partial charge on any atom is -0.389 e. The van der Waals surface area contributed by atoms with E-state index in [0.717, 1.165) is 47.6 Å². The van der Waals surface area contributed by atoms with E-state index in [9.17, 15) is 14.8 Å². The van der Waals surface area contributed by atoms with E-state index in [1.54, 1.807) is 6.07 Å². The van der Waals surface area contributed by atoms with Crippen molar-refractivity contribution in [3.63, 3.8) is 0 Å². The molecule has 194 valence electrons. The standard InChI is InChI=1S/C27H24ClFN6O2S/c1-12-2-3-13(8-32-7-12)33-27-22-17-11-37-10-16(17)20(23(28)24(22)34-19(9-36)35-27)14-4-5-18(29)25-21(14)15(6-30)26(31)38-25/h4-5,12,32,36H,2-3,7-11,31H2,1H3. The summed E-state index contributed by atoms with van der Waals surface area (Å²) in [5.74, 6) is 0.730. The van der Waals surface area contributed by atoms with Crippen molar-refractivity contribution in [3.8, 4) is 17.2 Å². The molecule has 0 radical (unpaired) electrons. The maximum absolute atomic E-state index is 14.8. The molecule has 6 rings (SSSR count). The van der Waals surface area contributed by atoms with Gasteiger partial charge < -0.3 is 20.9 Å². The second kappa shape index (κ2) is 9.84. The van der Waals surface area contributed by atoms with Gasteiger partial charge >= 0.3 is 0 Å². The summed E-state index contributed by atoms with van der Waals surface area (Å²) in [6.45, 7) is 3.97. The van der Waals surface area contributed by atoms with Crippen LogP contribution in [0.25, 0.3) is 32.1 Å². The predicted octanol–water partition coefficient (Wildman–Crippen LogP) is 5.37. The number of hydrogen-bond acceptors (Lipinski definition) is 9. The number of halogens is 2. The molecule has 0 spiro atoms. The number of nitrogens with two attached hydrogens (primary N) is 1. The highest BCUT2D eigenvalue weighted by Crippen LogP contribution is 2.49. The van der Waals surface area contributed by atoms with Crippen LogP contribution in [-0.2, 0) is 24.6 Å². The predicted molar refractivity (Wildman–Crippen MR) is 147 cm³/mol. The monoisotopic (exact) mass is 550 g/mol. The van der Waals surface area contributed by atoms with Crippen LogP contribution in [0.15, 0.2) is 17.1 Å². The van der Waals surface area contributed by atoms with E-state index in [0.29, 0.717) is 62.0 Å². The molecule has 8 nitrogen and oxygen atoms in total. The molecule has 2 aromatic heterocycles. The van der Waals surface area contributed by atoms with Gasteiger partial charge in [0.2, 0.25) is 0 Å². The number of aliphatic imine (C=N–C) groups is 1. The van der Waals surface area contributed by atoms with Gasteiger partial charge in [0, 0.05) is 23.2 Å². The Hall–Kier alpha value is -3.20. The van der Waals surface area contributed by atoms with Gasteiger partial charge in [0.05, 0.1) is 39.4 Å². The molecule has 4 aromatic rings. The number of hydrogen-bond donors (Lipinski definition) is 3. The lowest BCUT2D eigenvalue weighted by Gasteiger charge is -2.17. The minimum absolute atomic E-state index is 0.195. The number of rotatable bonds is 3. The first-order chi connectivity index (χ1) is 18.4. The van der Waals surface area contributed by atoms with Crippen LogP contribution < -0.4 is 11.1 Å². The van der Waals surface area contributed by atoms with Crippen molar-refractivity contribution in [2.45, 2.75) is 39.6 Å². The van der Waals surface area contributed by atoms with E-state index in [1.807, 2.05) is 0 Å². The molecule has 1 saturated heterocycles. The summed E-state index contributed by atoms with van der Waals surface area (Å²) in [4.78, 5) is 14.1. The molecule has 0 saturated carbocycles. The van der Waals surface area contributed by atoms with E-state index in [1.165, 1.54) is 6.07 Å². The average molecular weight is 551 g/mol. The number of nitrogen functional groups attached to an aromatic ring is 1. The van der Waals surface area contributed by atoms with Crippen LogP contribution in [0.4, 0.5) is 15.2 Å². The first kappa shape index (κ1) is 25.1. The van der Waals surface area contributed by atoms with Crippen LogP contribution in [0, 0.1) is 23.1 Å². The highest BCUT2D eigenvalue weighted by atomic mass is 35.5. The number of fused-ring (bicyclic) bond motifs is 4. The zero-order valence-corrected chi connectivity index (χ0v) is 22.1. The third kappa shape index (κ3) is 4.02. The lowest BCUT2D eigenvalue weighted by molar-refractivity contribution is 0.135. The fourth-order valence-electron chi connectivity index (χ4n) is 5.31. The number of aromatic nitrogens is 2. The molecule has 1 fully saturated rings. The first-order valence-corrected chi connectivity index (χ1v) is 13.5. The zero-order chi connectivity index (χ0) is 26.6. The van der Waals surface area contributed by atoms with Gasteiger partial charge in [0.1, 0.15) is 23.5 Å². The highest BCUT2D eigenvalue weighted by molar-refractivity contribution is 7.23. The van der Waals surface area contributed by atoms with E-state index < -0.39 is 5.82 Å². The molecule has 11 heteroatoms. The number of nitrogens with one attached hydrogen (secondary N) is 1. The fraction of sp³-hybridized carbons (Fsp3) is 0.333. The van der Waals surface area contributed by atoms with Gasteiger partial charge in [0.25, 0.3) is 0 Å². The van der Waals surface area contributed by atoms with Gasteiger partial charge in [-0.05, 0) is 48.1 Å². The van der Waals surface area contributed by atoms with Crippen molar-refractivity contribution < 1.29 is 14.2 Å². The molecule has 2 aromatic carbocycles. The number of aliphatic hydroxyl groups is 1. The molecule has 38 heavy (non-hydrogen) atoms. The summed E-state index contributed by atoms with van der Waals surface area (Å²) in [6, 6.07) is 5.09. The van der Waals surface area contributed by atoms with Crippen molar-refractivity contribution in [2.24, 2.45) is 10.9 Å². The third-order valence-corrected chi connectivity index (χ3v) is 8.57. The first-order valence-electron chi connectivity index (χ1n) is 12.3. The van der Waals surface area contributed by atoms with Gasteiger partial charge in [0.15, 0.2) is 11.6 Å². The number of nitrogens with zero attached hydrogens (tertiary/aromatic N) is 4. The van der Waals surface area contributed by atoms with Crippen LogP contribution in [0.5, 0.6) is 0 Å². The van der Waals surface area contributed by atoms with Gasteiger partial charge in [-0.3, -0.25) is 0 Å². The average Bonchev–Trinajstić information content (AvgIpc) is 3.46.